The Morgan fingerprint density at radius 3 is 2.40 bits per heavy atom. The van der Waals surface area contributed by atoms with Gasteiger partial charge in [-0.25, -0.2) is 9.97 Å². The topological polar surface area (TPSA) is 60.7 Å². The highest BCUT2D eigenvalue weighted by Gasteiger charge is 2.14. The number of aryl methyl sites for hydroxylation is 2. The minimum atomic E-state index is -0.195. The Morgan fingerprint density at radius 2 is 1.69 bits per heavy atom. The molecule has 3 heterocycles. The van der Waals surface area contributed by atoms with Crippen molar-refractivity contribution in [2.45, 2.75) is 13.8 Å². The summed E-state index contributed by atoms with van der Waals surface area (Å²) in [5.41, 5.74) is 5.77. The third-order valence-corrected chi connectivity index (χ3v) is 6.40. The summed E-state index contributed by atoms with van der Waals surface area (Å²) in [4.78, 5) is 25.0. The molecule has 0 saturated heterocycles. The van der Waals surface area contributed by atoms with Crippen LogP contribution in [0.25, 0.3) is 16.8 Å². The molecule has 0 aliphatic heterocycles. The van der Waals surface area contributed by atoms with Gasteiger partial charge < -0.3 is 4.57 Å². The standard InChI is InChI=1S/C22H16ClN3O.C6H6BrN/c1-15-9-10-24-20(11-15)22(27)21-13-26(14-25-21)17-6-4-5-16(12-17)18-7-2-3-8-19(18)23;1-5-3-2-4-8-6(5)7/h2-14H,1H3;2-4H,1H3. The summed E-state index contributed by atoms with van der Waals surface area (Å²) < 4.78 is 2.75. The fraction of sp³-hybridized carbons (Fsp3) is 0.0714. The number of carbonyl (C=O) groups is 1. The molecule has 0 amide bonds. The van der Waals surface area contributed by atoms with Gasteiger partial charge in [0.05, 0.1) is 0 Å². The maximum absolute atomic E-state index is 12.6. The van der Waals surface area contributed by atoms with E-state index in [4.69, 9.17) is 11.6 Å². The van der Waals surface area contributed by atoms with Gasteiger partial charge in [0.15, 0.2) is 0 Å². The van der Waals surface area contributed by atoms with Crippen molar-refractivity contribution in [2.75, 3.05) is 0 Å². The van der Waals surface area contributed by atoms with Crippen LogP contribution in [-0.2, 0) is 0 Å². The molecular weight excluding hydrogens is 524 g/mol. The maximum atomic E-state index is 12.6. The quantitative estimate of drug-likeness (QED) is 0.176. The number of nitrogens with zero attached hydrogens (tertiary/aromatic N) is 4. The van der Waals surface area contributed by atoms with Crippen LogP contribution in [0.5, 0.6) is 0 Å². The van der Waals surface area contributed by atoms with Crippen LogP contribution in [0.3, 0.4) is 0 Å². The van der Waals surface area contributed by atoms with Crippen molar-refractivity contribution in [1.82, 2.24) is 19.5 Å². The van der Waals surface area contributed by atoms with Gasteiger partial charge >= 0.3 is 0 Å². The zero-order valence-electron chi connectivity index (χ0n) is 19.2. The van der Waals surface area contributed by atoms with E-state index in [1.165, 1.54) is 5.56 Å². The predicted octanol–water partition coefficient (Wildman–Crippen LogP) is 7.28. The van der Waals surface area contributed by atoms with E-state index in [0.717, 1.165) is 27.0 Å². The van der Waals surface area contributed by atoms with E-state index < -0.39 is 0 Å². The van der Waals surface area contributed by atoms with Gasteiger partial charge in [0.1, 0.15) is 22.3 Å². The molecule has 35 heavy (non-hydrogen) atoms. The van der Waals surface area contributed by atoms with E-state index in [1.54, 1.807) is 31.0 Å². The fourth-order valence-corrected chi connectivity index (χ4v) is 3.86. The SMILES string of the molecule is Cc1cccnc1Br.Cc1ccnc(C(=O)c2cn(-c3cccc(-c4ccccc4Cl)c3)cn2)c1. The summed E-state index contributed by atoms with van der Waals surface area (Å²) in [5.74, 6) is -0.195. The summed E-state index contributed by atoms with van der Waals surface area (Å²) in [6, 6.07) is 23.2. The molecule has 0 bridgehead atoms. The Morgan fingerprint density at radius 1 is 0.857 bits per heavy atom. The second-order valence-electron chi connectivity index (χ2n) is 7.86. The lowest BCUT2D eigenvalue weighted by molar-refractivity contribution is 0.103. The monoisotopic (exact) mass is 544 g/mol. The Kier molecular flexibility index (Phi) is 7.85. The lowest BCUT2D eigenvalue weighted by atomic mass is 10.1. The van der Waals surface area contributed by atoms with Crippen molar-refractivity contribution in [2.24, 2.45) is 0 Å². The number of hydrogen-bond acceptors (Lipinski definition) is 4. The number of hydrogen-bond donors (Lipinski definition) is 0. The molecular formula is C28H22BrClN4O. The lowest BCUT2D eigenvalue weighted by Crippen LogP contribution is -2.04. The van der Waals surface area contributed by atoms with Crippen molar-refractivity contribution < 1.29 is 4.79 Å². The first-order valence-electron chi connectivity index (χ1n) is 10.9. The van der Waals surface area contributed by atoms with Gasteiger partial charge in [-0.3, -0.25) is 9.78 Å². The second-order valence-corrected chi connectivity index (χ2v) is 9.01. The highest BCUT2D eigenvalue weighted by Crippen LogP contribution is 2.29. The van der Waals surface area contributed by atoms with Gasteiger partial charge in [0.25, 0.3) is 0 Å². The van der Waals surface area contributed by atoms with Gasteiger partial charge in [-0.05, 0) is 82.9 Å². The molecule has 0 saturated carbocycles. The summed E-state index contributed by atoms with van der Waals surface area (Å²) >= 11 is 9.60. The van der Waals surface area contributed by atoms with Crippen LogP contribution < -0.4 is 0 Å². The van der Waals surface area contributed by atoms with Crippen LogP contribution in [0.4, 0.5) is 0 Å². The number of pyridine rings is 2. The average Bonchev–Trinajstić information content (AvgIpc) is 3.37. The molecule has 5 rings (SSSR count). The van der Waals surface area contributed by atoms with Crippen LogP contribution in [0.2, 0.25) is 5.02 Å². The Hall–Kier alpha value is -3.61. The van der Waals surface area contributed by atoms with Crippen molar-refractivity contribution in [3.05, 3.63) is 130 Å². The van der Waals surface area contributed by atoms with Crippen molar-refractivity contribution in [3.8, 4) is 16.8 Å². The fourth-order valence-electron chi connectivity index (χ4n) is 3.37. The zero-order chi connectivity index (χ0) is 24.8. The first-order valence-corrected chi connectivity index (χ1v) is 12.0. The van der Waals surface area contributed by atoms with Crippen LogP contribution in [0.15, 0.2) is 102 Å². The van der Waals surface area contributed by atoms with Crippen LogP contribution >= 0.6 is 27.5 Å². The molecule has 7 heteroatoms. The molecule has 0 unspecified atom stereocenters. The van der Waals surface area contributed by atoms with Gasteiger partial charge in [0.2, 0.25) is 5.78 Å². The minimum Gasteiger partial charge on any atom is -0.306 e. The Bertz CT molecular complexity index is 1460. The molecule has 0 fully saturated rings. The second kappa shape index (κ2) is 11.2. The van der Waals surface area contributed by atoms with Gasteiger partial charge in [0, 0.05) is 34.9 Å². The number of halogens is 2. The number of aromatic nitrogens is 4. The predicted molar refractivity (Wildman–Crippen MR) is 143 cm³/mol. The van der Waals surface area contributed by atoms with E-state index in [1.807, 2.05) is 85.1 Å². The van der Waals surface area contributed by atoms with Crippen LogP contribution in [0, 0.1) is 13.8 Å². The summed E-state index contributed by atoms with van der Waals surface area (Å²) in [6.45, 7) is 3.94. The largest absolute Gasteiger partial charge is 0.306 e. The van der Waals surface area contributed by atoms with Gasteiger partial charge in [-0.15, -0.1) is 0 Å². The third kappa shape index (κ3) is 6.10. The van der Waals surface area contributed by atoms with E-state index >= 15 is 0 Å². The Labute approximate surface area is 217 Å². The smallest absolute Gasteiger partial charge is 0.231 e. The van der Waals surface area contributed by atoms with E-state index in [-0.39, 0.29) is 5.78 Å². The van der Waals surface area contributed by atoms with E-state index in [0.29, 0.717) is 16.4 Å². The first kappa shape index (κ1) is 24.5. The van der Waals surface area contributed by atoms with Crippen molar-refractivity contribution >= 4 is 33.3 Å². The molecule has 3 aromatic heterocycles. The molecule has 0 aliphatic rings. The highest BCUT2D eigenvalue weighted by molar-refractivity contribution is 9.10. The summed E-state index contributed by atoms with van der Waals surface area (Å²) in [7, 11) is 0. The first-order chi connectivity index (χ1) is 16.9. The molecule has 174 valence electrons. The Balaban J connectivity index is 0.000000308. The minimum absolute atomic E-state index is 0.195. The molecule has 5 nitrogen and oxygen atoms in total. The molecule has 0 N–H and O–H groups in total. The lowest BCUT2D eigenvalue weighted by Gasteiger charge is -2.07. The van der Waals surface area contributed by atoms with E-state index in [2.05, 4.69) is 30.9 Å². The molecule has 2 aromatic carbocycles. The van der Waals surface area contributed by atoms with Gasteiger partial charge in [-0.1, -0.05) is 48.0 Å². The van der Waals surface area contributed by atoms with E-state index in [9.17, 15) is 4.79 Å². The highest BCUT2D eigenvalue weighted by atomic mass is 79.9. The normalized spacial score (nSPS) is 10.4. The molecule has 0 aliphatic carbocycles. The van der Waals surface area contributed by atoms with Gasteiger partial charge in [-0.2, -0.15) is 0 Å². The maximum Gasteiger partial charge on any atom is 0.231 e. The molecule has 0 radical (unpaired) electrons. The van der Waals surface area contributed by atoms with Crippen molar-refractivity contribution in [1.29, 1.82) is 0 Å². The number of benzene rings is 2. The number of carbonyl (C=O) groups excluding carboxylic acids is 1. The van der Waals surface area contributed by atoms with Crippen LogP contribution in [-0.4, -0.2) is 25.3 Å². The molecule has 5 aromatic rings. The van der Waals surface area contributed by atoms with Crippen LogP contribution in [0.1, 0.15) is 27.3 Å². The third-order valence-electron chi connectivity index (χ3n) is 5.24. The number of imidazole rings is 1. The number of ketones is 1. The summed E-state index contributed by atoms with van der Waals surface area (Å²) in [6.07, 6.45) is 6.75. The number of rotatable bonds is 4. The molecule has 0 atom stereocenters. The van der Waals surface area contributed by atoms with Crippen molar-refractivity contribution in [3.63, 3.8) is 0 Å². The molecule has 0 spiro atoms. The average molecular weight is 546 g/mol. The zero-order valence-corrected chi connectivity index (χ0v) is 21.5. The summed E-state index contributed by atoms with van der Waals surface area (Å²) in [5, 5.41) is 0.696.